The Morgan fingerprint density at radius 3 is 2.67 bits per heavy atom. The third-order valence-corrected chi connectivity index (χ3v) is 2.86. The lowest BCUT2D eigenvalue weighted by Gasteiger charge is -2.23. The largest absolute Gasteiger partial charge is 0.396 e. The minimum atomic E-state index is -0.142. The first-order valence-corrected chi connectivity index (χ1v) is 6.06. The molecule has 0 saturated heterocycles. The maximum absolute atomic E-state index is 12.0. The summed E-state index contributed by atoms with van der Waals surface area (Å²) in [5.41, 5.74) is 1.79. The molecule has 100 valence electrons. The molecule has 0 aliphatic heterocycles. The van der Waals surface area contributed by atoms with Crippen LogP contribution in [0.1, 0.15) is 42.0 Å². The fraction of sp³-hybridized carbons (Fsp3) is 0.615. The molecule has 0 aromatic carbocycles. The molecule has 0 radical (unpaired) electrons. The number of aromatic nitrogens is 2. The highest BCUT2D eigenvalue weighted by Crippen LogP contribution is 2.18. The van der Waals surface area contributed by atoms with Gasteiger partial charge in [-0.1, -0.05) is 13.8 Å². The van der Waals surface area contributed by atoms with E-state index in [0.29, 0.717) is 24.2 Å². The highest BCUT2D eigenvalue weighted by Gasteiger charge is 2.19. The number of aryl methyl sites for hydroxylation is 2. The molecular weight excluding hydrogens is 230 g/mol. The van der Waals surface area contributed by atoms with Gasteiger partial charge in [0.05, 0.1) is 17.0 Å². The molecule has 1 aromatic heterocycles. The molecule has 0 fully saturated rings. The van der Waals surface area contributed by atoms with Crippen molar-refractivity contribution in [2.24, 2.45) is 5.41 Å². The monoisotopic (exact) mass is 251 g/mol. The van der Waals surface area contributed by atoms with E-state index in [9.17, 15) is 4.79 Å². The summed E-state index contributed by atoms with van der Waals surface area (Å²) in [7, 11) is 0. The van der Waals surface area contributed by atoms with Crippen LogP contribution in [0.15, 0.2) is 6.07 Å². The van der Waals surface area contributed by atoms with Crippen molar-refractivity contribution in [1.29, 1.82) is 0 Å². The first kappa shape index (κ1) is 14.6. The van der Waals surface area contributed by atoms with Gasteiger partial charge in [-0.2, -0.15) is 10.2 Å². The molecule has 2 N–H and O–H groups in total. The quantitative estimate of drug-likeness (QED) is 0.825. The van der Waals surface area contributed by atoms with Crippen molar-refractivity contribution in [3.8, 4) is 0 Å². The second kappa shape index (κ2) is 5.91. The summed E-state index contributed by atoms with van der Waals surface area (Å²) in [6.45, 7) is 8.23. The zero-order valence-corrected chi connectivity index (χ0v) is 11.4. The number of amides is 1. The summed E-state index contributed by atoms with van der Waals surface area (Å²) in [5, 5.41) is 19.6. The van der Waals surface area contributed by atoms with Crippen molar-refractivity contribution >= 4 is 5.91 Å². The van der Waals surface area contributed by atoms with Crippen molar-refractivity contribution in [2.45, 2.75) is 34.1 Å². The topological polar surface area (TPSA) is 75.1 Å². The van der Waals surface area contributed by atoms with E-state index in [4.69, 9.17) is 5.11 Å². The number of hydrogen-bond donors (Lipinski definition) is 2. The van der Waals surface area contributed by atoms with Gasteiger partial charge in [-0.3, -0.25) is 4.79 Å². The molecule has 5 heteroatoms. The van der Waals surface area contributed by atoms with Crippen molar-refractivity contribution in [2.75, 3.05) is 13.2 Å². The molecular formula is C13H21N3O2. The van der Waals surface area contributed by atoms with Crippen LogP contribution in [-0.2, 0) is 0 Å². The van der Waals surface area contributed by atoms with Gasteiger partial charge in [0.25, 0.3) is 5.91 Å². The summed E-state index contributed by atoms with van der Waals surface area (Å²) in [4.78, 5) is 12.0. The van der Waals surface area contributed by atoms with Crippen LogP contribution in [0.25, 0.3) is 0 Å². The first-order valence-electron chi connectivity index (χ1n) is 6.06. The van der Waals surface area contributed by atoms with Gasteiger partial charge in [0.1, 0.15) is 0 Å². The molecule has 1 rings (SSSR count). The predicted octanol–water partition coefficient (Wildman–Crippen LogP) is 1.23. The fourth-order valence-corrected chi connectivity index (χ4v) is 1.59. The third kappa shape index (κ3) is 4.07. The lowest BCUT2D eigenvalue weighted by Crippen LogP contribution is -2.35. The molecule has 1 heterocycles. The normalized spacial score (nSPS) is 11.4. The molecule has 0 aliphatic carbocycles. The van der Waals surface area contributed by atoms with Crippen LogP contribution in [0, 0.1) is 19.3 Å². The van der Waals surface area contributed by atoms with Crippen LogP contribution >= 0.6 is 0 Å². The maximum atomic E-state index is 12.0. The van der Waals surface area contributed by atoms with Gasteiger partial charge in [0.2, 0.25) is 0 Å². The Morgan fingerprint density at radius 2 is 2.06 bits per heavy atom. The maximum Gasteiger partial charge on any atom is 0.253 e. The van der Waals surface area contributed by atoms with Crippen LogP contribution in [0.5, 0.6) is 0 Å². The van der Waals surface area contributed by atoms with Gasteiger partial charge < -0.3 is 10.4 Å². The average Bonchev–Trinajstić information content (AvgIpc) is 2.29. The molecule has 0 saturated carbocycles. The predicted molar refractivity (Wildman–Crippen MR) is 69.3 cm³/mol. The summed E-state index contributed by atoms with van der Waals surface area (Å²) < 4.78 is 0. The summed E-state index contributed by atoms with van der Waals surface area (Å²) >= 11 is 0. The van der Waals surface area contributed by atoms with E-state index in [1.165, 1.54) is 0 Å². The lowest BCUT2D eigenvalue weighted by molar-refractivity contribution is 0.0927. The number of aliphatic hydroxyl groups excluding tert-OH is 1. The number of carbonyl (C=O) groups is 1. The van der Waals surface area contributed by atoms with E-state index in [-0.39, 0.29) is 17.9 Å². The molecule has 1 aromatic rings. The molecule has 0 spiro atoms. The van der Waals surface area contributed by atoms with E-state index >= 15 is 0 Å². The molecule has 0 bridgehead atoms. The van der Waals surface area contributed by atoms with Crippen molar-refractivity contribution in [3.63, 3.8) is 0 Å². The molecule has 5 nitrogen and oxygen atoms in total. The van der Waals surface area contributed by atoms with Crippen LogP contribution in [0.3, 0.4) is 0 Å². The second-order valence-corrected chi connectivity index (χ2v) is 5.31. The molecule has 0 unspecified atom stereocenters. The summed E-state index contributed by atoms with van der Waals surface area (Å²) in [6.07, 6.45) is 0.653. The Balaban J connectivity index is 2.69. The van der Waals surface area contributed by atoms with E-state index in [2.05, 4.69) is 15.5 Å². The van der Waals surface area contributed by atoms with Crippen LogP contribution in [0.4, 0.5) is 0 Å². The zero-order valence-electron chi connectivity index (χ0n) is 11.4. The fourth-order valence-electron chi connectivity index (χ4n) is 1.59. The average molecular weight is 251 g/mol. The molecule has 18 heavy (non-hydrogen) atoms. The van der Waals surface area contributed by atoms with E-state index in [0.717, 1.165) is 5.69 Å². The Hall–Kier alpha value is -1.49. The van der Waals surface area contributed by atoms with Gasteiger partial charge in [-0.05, 0) is 31.7 Å². The number of aliphatic hydroxyl groups is 1. The number of hydrogen-bond acceptors (Lipinski definition) is 4. The highest BCUT2D eigenvalue weighted by atomic mass is 16.3. The lowest BCUT2D eigenvalue weighted by atomic mass is 9.89. The van der Waals surface area contributed by atoms with Crippen LogP contribution in [-0.4, -0.2) is 34.4 Å². The summed E-state index contributed by atoms with van der Waals surface area (Å²) in [5.74, 6) is -0.142. The van der Waals surface area contributed by atoms with Gasteiger partial charge >= 0.3 is 0 Å². The zero-order chi connectivity index (χ0) is 13.8. The first-order chi connectivity index (χ1) is 8.35. The minimum absolute atomic E-state index is 0.117. The van der Waals surface area contributed by atoms with Crippen LogP contribution < -0.4 is 5.32 Å². The Labute approximate surface area is 108 Å². The number of nitrogens with zero attached hydrogens (tertiary/aromatic N) is 2. The SMILES string of the molecule is Cc1cc(C(=O)NCC(C)(C)CCO)c(C)nn1. The second-order valence-electron chi connectivity index (χ2n) is 5.31. The number of rotatable bonds is 5. The van der Waals surface area contributed by atoms with E-state index < -0.39 is 0 Å². The van der Waals surface area contributed by atoms with Gasteiger partial charge in [-0.15, -0.1) is 0 Å². The highest BCUT2D eigenvalue weighted by molar-refractivity contribution is 5.95. The van der Waals surface area contributed by atoms with Crippen molar-refractivity contribution < 1.29 is 9.90 Å². The Morgan fingerprint density at radius 1 is 1.39 bits per heavy atom. The van der Waals surface area contributed by atoms with E-state index in [1.54, 1.807) is 19.9 Å². The van der Waals surface area contributed by atoms with Gasteiger partial charge in [-0.25, -0.2) is 0 Å². The minimum Gasteiger partial charge on any atom is -0.396 e. The van der Waals surface area contributed by atoms with E-state index in [1.807, 2.05) is 13.8 Å². The van der Waals surface area contributed by atoms with Crippen LogP contribution in [0.2, 0.25) is 0 Å². The third-order valence-electron chi connectivity index (χ3n) is 2.86. The van der Waals surface area contributed by atoms with Gasteiger partial charge in [0.15, 0.2) is 0 Å². The summed E-state index contributed by atoms with van der Waals surface area (Å²) in [6, 6.07) is 1.73. The Kier molecular flexibility index (Phi) is 4.78. The number of carbonyl (C=O) groups excluding carboxylic acids is 1. The molecule has 0 atom stereocenters. The smallest absolute Gasteiger partial charge is 0.253 e. The Bertz CT molecular complexity index is 430. The van der Waals surface area contributed by atoms with Crippen molar-refractivity contribution in [1.82, 2.24) is 15.5 Å². The number of nitrogens with one attached hydrogen (secondary N) is 1. The van der Waals surface area contributed by atoms with Gasteiger partial charge in [0, 0.05) is 13.2 Å². The standard InChI is InChI=1S/C13H21N3O2/c1-9-7-11(10(2)16-15-9)12(18)14-8-13(3,4)5-6-17/h7,17H,5-6,8H2,1-4H3,(H,14,18). The molecule has 1 amide bonds. The van der Waals surface area contributed by atoms with Crippen molar-refractivity contribution in [3.05, 3.63) is 23.0 Å². The molecule has 0 aliphatic rings.